The molecule has 0 heterocycles. The summed E-state index contributed by atoms with van der Waals surface area (Å²) < 4.78 is 34.0. The van der Waals surface area contributed by atoms with E-state index in [-0.39, 0.29) is 16.8 Å². The minimum absolute atomic E-state index is 0.0467. The lowest BCUT2D eigenvalue weighted by molar-refractivity contribution is 0.102. The summed E-state index contributed by atoms with van der Waals surface area (Å²) in [5.41, 5.74) is 1.69. The van der Waals surface area contributed by atoms with Crippen molar-refractivity contribution in [2.75, 3.05) is 12.4 Å². The third-order valence-corrected chi connectivity index (χ3v) is 6.81. The Kier molecular flexibility index (Phi) is 6.92. The van der Waals surface area contributed by atoms with Gasteiger partial charge in [-0.05, 0) is 49.6 Å². The standard InChI is InChI=1S/C22H28N2O4S/c1-16-9-7-8-12-19(16)22(25)23-20-15-18(13-14-21(20)28-2)29(26,27)24-17-10-5-3-4-6-11-17/h7-9,12-15,17,24H,3-6,10-11H2,1-2H3,(H,23,25). The molecule has 1 fully saturated rings. The summed E-state index contributed by atoms with van der Waals surface area (Å²) >= 11 is 0. The summed E-state index contributed by atoms with van der Waals surface area (Å²) in [6.07, 6.45) is 6.07. The molecule has 0 aromatic heterocycles. The van der Waals surface area contributed by atoms with E-state index in [1.165, 1.54) is 19.2 Å². The summed E-state index contributed by atoms with van der Waals surface area (Å²) in [5.74, 6) is 0.0908. The zero-order valence-electron chi connectivity index (χ0n) is 16.9. The van der Waals surface area contributed by atoms with Crippen LogP contribution < -0.4 is 14.8 Å². The molecule has 1 saturated carbocycles. The van der Waals surface area contributed by atoms with Gasteiger partial charge in [-0.3, -0.25) is 4.79 Å². The number of carbonyl (C=O) groups is 1. The van der Waals surface area contributed by atoms with Crippen molar-refractivity contribution in [3.05, 3.63) is 53.6 Å². The van der Waals surface area contributed by atoms with Gasteiger partial charge in [-0.1, -0.05) is 43.9 Å². The SMILES string of the molecule is COc1ccc(S(=O)(=O)NC2CCCCCC2)cc1NC(=O)c1ccccc1C. The Morgan fingerprint density at radius 3 is 2.38 bits per heavy atom. The Hall–Kier alpha value is -2.38. The molecular weight excluding hydrogens is 388 g/mol. The molecule has 0 atom stereocenters. The number of aryl methyl sites for hydroxylation is 1. The Bertz CT molecular complexity index is 965. The number of amides is 1. The number of benzene rings is 2. The summed E-state index contributed by atoms with van der Waals surface area (Å²) in [6.45, 7) is 1.85. The van der Waals surface area contributed by atoms with Crippen LogP contribution >= 0.6 is 0 Å². The average molecular weight is 417 g/mol. The van der Waals surface area contributed by atoms with E-state index in [1.807, 2.05) is 19.1 Å². The van der Waals surface area contributed by atoms with Crippen molar-refractivity contribution in [3.63, 3.8) is 0 Å². The second kappa shape index (κ2) is 9.41. The van der Waals surface area contributed by atoms with Crippen LogP contribution in [0.4, 0.5) is 5.69 Å². The zero-order valence-corrected chi connectivity index (χ0v) is 17.7. The lowest BCUT2D eigenvalue weighted by atomic mass is 10.1. The van der Waals surface area contributed by atoms with Crippen molar-refractivity contribution in [1.29, 1.82) is 0 Å². The molecule has 0 spiro atoms. The van der Waals surface area contributed by atoms with Gasteiger partial charge in [-0.2, -0.15) is 0 Å². The molecule has 1 aliphatic rings. The predicted molar refractivity (Wildman–Crippen MR) is 114 cm³/mol. The van der Waals surface area contributed by atoms with Gasteiger partial charge in [-0.25, -0.2) is 13.1 Å². The first kappa shape index (κ1) is 21.3. The number of methoxy groups -OCH3 is 1. The van der Waals surface area contributed by atoms with Gasteiger partial charge in [0.2, 0.25) is 10.0 Å². The van der Waals surface area contributed by atoms with Crippen LogP contribution in [0.25, 0.3) is 0 Å². The minimum atomic E-state index is -3.69. The van der Waals surface area contributed by atoms with Crippen molar-refractivity contribution in [3.8, 4) is 5.75 Å². The number of rotatable bonds is 6. The Balaban J connectivity index is 1.84. The number of anilines is 1. The van der Waals surface area contributed by atoms with Crippen molar-refractivity contribution >= 4 is 21.6 Å². The number of ether oxygens (including phenoxy) is 1. The first-order valence-electron chi connectivity index (χ1n) is 9.98. The molecule has 0 aliphatic heterocycles. The lowest BCUT2D eigenvalue weighted by Crippen LogP contribution is -2.34. The molecule has 6 nitrogen and oxygen atoms in total. The number of hydrogen-bond acceptors (Lipinski definition) is 4. The fourth-order valence-corrected chi connectivity index (χ4v) is 4.98. The Morgan fingerprint density at radius 2 is 1.72 bits per heavy atom. The van der Waals surface area contributed by atoms with Gasteiger partial charge in [-0.15, -0.1) is 0 Å². The molecule has 29 heavy (non-hydrogen) atoms. The normalized spacial score (nSPS) is 15.5. The fraction of sp³-hybridized carbons (Fsp3) is 0.409. The van der Waals surface area contributed by atoms with Crippen LogP contribution in [-0.4, -0.2) is 27.5 Å². The van der Waals surface area contributed by atoms with Gasteiger partial charge in [0.25, 0.3) is 5.91 Å². The molecule has 1 aliphatic carbocycles. The van der Waals surface area contributed by atoms with Gasteiger partial charge >= 0.3 is 0 Å². The highest BCUT2D eigenvalue weighted by atomic mass is 32.2. The van der Waals surface area contributed by atoms with E-state index in [0.717, 1.165) is 44.1 Å². The van der Waals surface area contributed by atoms with Crippen LogP contribution in [0.5, 0.6) is 5.75 Å². The molecule has 0 unspecified atom stereocenters. The zero-order chi connectivity index (χ0) is 20.9. The quantitative estimate of drug-likeness (QED) is 0.689. The summed E-state index contributed by atoms with van der Waals surface area (Å²) in [4.78, 5) is 12.8. The van der Waals surface area contributed by atoms with Gasteiger partial charge in [0.15, 0.2) is 0 Å². The van der Waals surface area contributed by atoms with Crippen molar-refractivity contribution in [1.82, 2.24) is 4.72 Å². The summed E-state index contributed by atoms with van der Waals surface area (Å²) in [5, 5.41) is 2.79. The maximum atomic E-state index is 12.9. The highest BCUT2D eigenvalue weighted by molar-refractivity contribution is 7.89. The Labute approximate surface area is 172 Å². The van der Waals surface area contributed by atoms with E-state index in [9.17, 15) is 13.2 Å². The second-order valence-electron chi connectivity index (χ2n) is 7.44. The van der Waals surface area contributed by atoms with E-state index in [0.29, 0.717) is 17.0 Å². The van der Waals surface area contributed by atoms with Crippen LogP contribution in [-0.2, 0) is 10.0 Å². The molecule has 0 radical (unpaired) electrons. The van der Waals surface area contributed by atoms with E-state index in [1.54, 1.807) is 18.2 Å². The van der Waals surface area contributed by atoms with Crippen molar-refractivity contribution < 1.29 is 17.9 Å². The lowest BCUT2D eigenvalue weighted by Gasteiger charge is -2.18. The van der Waals surface area contributed by atoms with Crippen molar-refractivity contribution in [2.45, 2.75) is 56.4 Å². The number of hydrogen-bond donors (Lipinski definition) is 2. The monoisotopic (exact) mass is 416 g/mol. The van der Waals surface area contributed by atoms with Crippen LogP contribution in [0.1, 0.15) is 54.4 Å². The van der Waals surface area contributed by atoms with E-state index >= 15 is 0 Å². The molecule has 1 amide bonds. The molecule has 0 bridgehead atoms. The third kappa shape index (κ3) is 5.36. The maximum Gasteiger partial charge on any atom is 0.256 e. The highest BCUT2D eigenvalue weighted by Crippen LogP contribution is 2.29. The topological polar surface area (TPSA) is 84.5 Å². The van der Waals surface area contributed by atoms with Crippen LogP contribution in [0.15, 0.2) is 47.4 Å². The van der Waals surface area contributed by atoms with E-state index < -0.39 is 10.0 Å². The summed E-state index contributed by atoms with van der Waals surface area (Å²) in [7, 11) is -2.21. The third-order valence-electron chi connectivity index (χ3n) is 5.30. The van der Waals surface area contributed by atoms with Gasteiger partial charge in [0, 0.05) is 11.6 Å². The number of carbonyl (C=O) groups excluding carboxylic acids is 1. The molecule has 0 saturated heterocycles. The highest BCUT2D eigenvalue weighted by Gasteiger charge is 2.23. The van der Waals surface area contributed by atoms with Crippen LogP contribution in [0, 0.1) is 6.92 Å². The molecule has 7 heteroatoms. The average Bonchev–Trinajstić information content (AvgIpc) is 2.96. The predicted octanol–water partition coefficient (Wildman–Crippen LogP) is 4.26. The maximum absolute atomic E-state index is 12.9. The molecular formula is C22H28N2O4S. The fourth-order valence-electron chi connectivity index (χ4n) is 3.65. The summed E-state index contributed by atoms with van der Waals surface area (Å²) in [6, 6.07) is 11.7. The van der Waals surface area contributed by atoms with E-state index in [4.69, 9.17) is 4.74 Å². The van der Waals surface area contributed by atoms with Gasteiger partial charge in [0.05, 0.1) is 17.7 Å². The smallest absolute Gasteiger partial charge is 0.256 e. The molecule has 2 aromatic rings. The second-order valence-corrected chi connectivity index (χ2v) is 9.15. The Morgan fingerprint density at radius 1 is 1.03 bits per heavy atom. The molecule has 2 aromatic carbocycles. The molecule has 3 rings (SSSR count). The van der Waals surface area contributed by atoms with Crippen molar-refractivity contribution in [2.24, 2.45) is 0 Å². The molecule has 156 valence electrons. The van der Waals surface area contributed by atoms with Gasteiger partial charge in [0.1, 0.15) is 5.75 Å². The number of sulfonamides is 1. The largest absolute Gasteiger partial charge is 0.495 e. The van der Waals surface area contributed by atoms with E-state index in [2.05, 4.69) is 10.0 Å². The minimum Gasteiger partial charge on any atom is -0.495 e. The first-order chi connectivity index (χ1) is 13.9. The van der Waals surface area contributed by atoms with Crippen LogP contribution in [0.2, 0.25) is 0 Å². The van der Waals surface area contributed by atoms with Gasteiger partial charge < -0.3 is 10.1 Å². The van der Waals surface area contributed by atoms with Crippen LogP contribution in [0.3, 0.4) is 0 Å². The first-order valence-corrected chi connectivity index (χ1v) is 11.5. The number of nitrogens with one attached hydrogen (secondary N) is 2. The molecule has 2 N–H and O–H groups in total.